The fourth-order valence-corrected chi connectivity index (χ4v) is 3.73. The number of likely N-dealkylation sites (tertiary alicyclic amines) is 1. The third-order valence-electron chi connectivity index (χ3n) is 4.96. The zero-order valence-electron chi connectivity index (χ0n) is 13.0. The van der Waals surface area contributed by atoms with E-state index in [1.165, 1.54) is 43.7 Å². The number of pyridine rings is 1. The van der Waals surface area contributed by atoms with Crippen molar-refractivity contribution in [3.63, 3.8) is 0 Å². The van der Waals surface area contributed by atoms with Crippen molar-refractivity contribution in [2.75, 3.05) is 39.3 Å². The molecule has 116 valence electrons. The van der Waals surface area contributed by atoms with E-state index in [0.717, 1.165) is 31.2 Å². The summed E-state index contributed by atoms with van der Waals surface area (Å²) in [5, 5.41) is 4.67. The number of nitrogens with one attached hydrogen (secondary N) is 1. The smallest absolute Gasteiger partial charge is 0.0705 e. The molecule has 2 aliphatic heterocycles. The second kappa shape index (κ2) is 6.32. The predicted octanol–water partition coefficient (Wildman–Crippen LogP) is 1.71. The summed E-state index contributed by atoms with van der Waals surface area (Å²) in [6, 6.07) is 13.5. The van der Waals surface area contributed by atoms with E-state index in [2.05, 4.69) is 51.5 Å². The lowest BCUT2D eigenvalue weighted by Crippen LogP contribution is -2.49. The van der Waals surface area contributed by atoms with Crippen molar-refractivity contribution in [3.8, 4) is 0 Å². The van der Waals surface area contributed by atoms with Crippen LogP contribution < -0.4 is 5.32 Å². The van der Waals surface area contributed by atoms with Crippen molar-refractivity contribution < 1.29 is 0 Å². The second-order valence-electron chi connectivity index (χ2n) is 6.46. The van der Waals surface area contributed by atoms with E-state index < -0.39 is 0 Å². The summed E-state index contributed by atoms with van der Waals surface area (Å²) in [6.45, 7) is 8.05. The molecule has 4 heteroatoms. The summed E-state index contributed by atoms with van der Waals surface area (Å²) in [4.78, 5) is 10.0. The molecule has 4 rings (SSSR count). The maximum absolute atomic E-state index is 4.81. The largest absolute Gasteiger partial charge is 0.314 e. The Kier molecular flexibility index (Phi) is 4.06. The zero-order valence-corrected chi connectivity index (χ0v) is 13.0. The van der Waals surface area contributed by atoms with Crippen LogP contribution in [0.25, 0.3) is 10.9 Å². The Balaban J connectivity index is 1.40. The number of hydrogen-bond donors (Lipinski definition) is 1. The molecule has 2 aromatic rings. The van der Waals surface area contributed by atoms with E-state index >= 15 is 0 Å². The number of benzene rings is 1. The summed E-state index contributed by atoms with van der Waals surface area (Å²) in [6.07, 6.45) is 1.30. The van der Waals surface area contributed by atoms with Crippen LogP contribution in [-0.4, -0.2) is 60.1 Å². The Morgan fingerprint density at radius 2 is 1.91 bits per heavy atom. The lowest BCUT2D eigenvalue weighted by atomic mass is 10.2. The van der Waals surface area contributed by atoms with Gasteiger partial charge in [0.05, 0.1) is 11.2 Å². The quantitative estimate of drug-likeness (QED) is 0.934. The molecule has 1 aromatic heterocycles. The van der Waals surface area contributed by atoms with Crippen molar-refractivity contribution in [1.82, 2.24) is 20.1 Å². The minimum absolute atomic E-state index is 0.738. The van der Waals surface area contributed by atoms with Crippen LogP contribution in [-0.2, 0) is 6.54 Å². The Morgan fingerprint density at radius 1 is 1.05 bits per heavy atom. The molecule has 0 spiro atoms. The van der Waals surface area contributed by atoms with Gasteiger partial charge in [0.1, 0.15) is 0 Å². The first kappa shape index (κ1) is 14.1. The minimum Gasteiger partial charge on any atom is -0.314 e. The van der Waals surface area contributed by atoms with Crippen molar-refractivity contribution in [2.45, 2.75) is 19.0 Å². The molecule has 2 fully saturated rings. The fraction of sp³-hybridized carbons (Fsp3) is 0.500. The molecule has 22 heavy (non-hydrogen) atoms. The van der Waals surface area contributed by atoms with Gasteiger partial charge in [0.15, 0.2) is 0 Å². The zero-order chi connectivity index (χ0) is 14.8. The normalized spacial score (nSPS) is 24.1. The Labute approximate surface area is 132 Å². The van der Waals surface area contributed by atoms with E-state index in [1.54, 1.807) is 0 Å². The molecular weight excluding hydrogens is 272 g/mol. The van der Waals surface area contributed by atoms with Gasteiger partial charge in [-0.15, -0.1) is 0 Å². The molecule has 0 amide bonds. The van der Waals surface area contributed by atoms with Gasteiger partial charge < -0.3 is 5.32 Å². The molecule has 2 saturated heterocycles. The number of piperazine rings is 1. The van der Waals surface area contributed by atoms with Crippen molar-refractivity contribution >= 4 is 10.9 Å². The molecule has 3 heterocycles. The first-order chi connectivity index (χ1) is 10.9. The fourth-order valence-electron chi connectivity index (χ4n) is 3.73. The van der Waals surface area contributed by atoms with Gasteiger partial charge in [-0.05, 0) is 18.6 Å². The first-order valence-corrected chi connectivity index (χ1v) is 8.40. The number of para-hydroxylation sites is 1. The predicted molar refractivity (Wildman–Crippen MR) is 89.9 cm³/mol. The molecule has 1 unspecified atom stereocenters. The van der Waals surface area contributed by atoms with Gasteiger partial charge in [0.25, 0.3) is 0 Å². The van der Waals surface area contributed by atoms with Gasteiger partial charge in [-0.2, -0.15) is 0 Å². The Morgan fingerprint density at radius 3 is 2.82 bits per heavy atom. The lowest BCUT2D eigenvalue weighted by molar-refractivity contribution is 0.170. The molecule has 0 saturated carbocycles. The summed E-state index contributed by atoms with van der Waals surface area (Å²) in [5.41, 5.74) is 2.30. The van der Waals surface area contributed by atoms with Gasteiger partial charge in [-0.1, -0.05) is 24.3 Å². The van der Waals surface area contributed by atoms with Crippen LogP contribution >= 0.6 is 0 Å². The van der Waals surface area contributed by atoms with Crippen LogP contribution in [0.15, 0.2) is 36.4 Å². The van der Waals surface area contributed by atoms with Crippen LogP contribution in [0.5, 0.6) is 0 Å². The van der Waals surface area contributed by atoms with Gasteiger partial charge in [0.2, 0.25) is 0 Å². The number of fused-ring (bicyclic) bond motifs is 1. The molecule has 2 aliphatic rings. The monoisotopic (exact) mass is 296 g/mol. The molecule has 1 aromatic carbocycles. The standard InChI is InChI=1S/C18H24N4/c1-2-4-18-15(3-1)5-6-16(20-18)13-21-10-7-17(14-21)22-11-8-19-9-12-22/h1-6,17,19H,7-14H2. The maximum atomic E-state index is 4.81. The summed E-state index contributed by atoms with van der Waals surface area (Å²) in [7, 11) is 0. The molecule has 0 aliphatic carbocycles. The number of nitrogens with zero attached hydrogens (tertiary/aromatic N) is 3. The van der Waals surface area contributed by atoms with Crippen LogP contribution in [0, 0.1) is 0 Å². The van der Waals surface area contributed by atoms with Crippen molar-refractivity contribution in [1.29, 1.82) is 0 Å². The number of hydrogen-bond acceptors (Lipinski definition) is 4. The molecule has 4 nitrogen and oxygen atoms in total. The van der Waals surface area contributed by atoms with Crippen LogP contribution in [0.2, 0.25) is 0 Å². The van der Waals surface area contributed by atoms with Crippen LogP contribution in [0.4, 0.5) is 0 Å². The highest BCUT2D eigenvalue weighted by Crippen LogP contribution is 2.19. The molecule has 1 N–H and O–H groups in total. The van der Waals surface area contributed by atoms with E-state index in [4.69, 9.17) is 4.98 Å². The minimum atomic E-state index is 0.738. The molecule has 0 radical (unpaired) electrons. The van der Waals surface area contributed by atoms with E-state index in [9.17, 15) is 0 Å². The highest BCUT2D eigenvalue weighted by atomic mass is 15.3. The third-order valence-corrected chi connectivity index (χ3v) is 4.96. The van der Waals surface area contributed by atoms with Gasteiger partial charge in [-0.3, -0.25) is 14.8 Å². The average Bonchev–Trinajstić information content (AvgIpc) is 3.04. The summed E-state index contributed by atoms with van der Waals surface area (Å²) in [5.74, 6) is 0. The molecule has 0 bridgehead atoms. The number of aromatic nitrogens is 1. The second-order valence-corrected chi connectivity index (χ2v) is 6.46. The highest BCUT2D eigenvalue weighted by Gasteiger charge is 2.28. The summed E-state index contributed by atoms with van der Waals surface area (Å²) >= 11 is 0. The topological polar surface area (TPSA) is 31.4 Å². The molecule has 1 atom stereocenters. The van der Waals surface area contributed by atoms with E-state index in [-0.39, 0.29) is 0 Å². The Hall–Kier alpha value is -1.49. The molecular formula is C18H24N4. The highest BCUT2D eigenvalue weighted by molar-refractivity contribution is 5.78. The maximum Gasteiger partial charge on any atom is 0.0705 e. The lowest BCUT2D eigenvalue weighted by Gasteiger charge is -2.32. The van der Waals surface area contributed by atoms with Crippen LogP contribution in [0.1, 0.15) is 12.1 Å². The van der Waals surface area contributed by atoms with Crippen molar-refractivity contribution in [2.24, 2.45) is 0 Å². The van der Waals surface area contributed by atoms with Gasteiger partial charge in [0, 0.05) is 57.2 Å². The number of rotatable bonds is 3. The first-order valence-electron chi connectivity index (χ1n) is 8.40. The average molecular weight is 296 g/mol. The van der Waals surface area contributed by atoms with E-state index in [1.807, 2.05) is 0 Å². The van der Waals surface area contributed by atoms with Gasteiger partial charge >= 0.3 is 0 Å². The third kappa shape index (κ3) is 3.00. The Bertz CT molecular complexity index is 636. The van der Waals surface area contributed by atoms with Gasteiger partial charge in [-0.25, -0.2) is 0 Å². The van der Waals surface area contributed by atoms with E-state index in [0.29, 0.717) is 0 Å². The SMILES string of the molecule is c1ccc2nc(CN3CCC(N4CCNCC4)C3)ccc2c1. The van der Waals surface area contributed by atoms with Crippen molar-refractivity contribution in [3.05, 3.63) is 42.1 Å². The summed E-state index contributed by atoms with van der Waals surface area (Å²) < 4.78 is 0. The van der Waals surface area contributed by atoms with Crippen LogP contribution in [0.3, 0.4) is 0 Å².